The first-order valence-corrected chi connectivity index (χ1v) is 5.15. The molecule has 0 atom stereocenters. The van der Waals surface area contributed by atoms with Crippen LogP contribution in [0, 0.1) is 0 Å². The second-order valence-electron chi connectivity index (χ2n) is 3.53. The van der Waals surface area contributed by atoms with Gasteiger partial charge in [0.25, 0.3) is 0 Å². The van der Waals surface area contributed by atoms with Gasteiger partial charge in [-0.05, 0) is 24.1 Å². The minimum atomic E-state index is 0. The van der Waals surface area contributed by atoms with E-state index in [9.17, 15) is 5.11 Å². The summed E-state index contributed by atoms with van der Waals surface area (Å²) in [5, 5.41) is 15.6. The number of hydrogen-bond acceptors (Lipinski definition) is 4. The summed E-state index contributed by atoms with van der Waals surface area (Å²) in [7, 11) is 0. The van der Waals surface area contributed by atoms with E-state index in [-0.39, 0.29) is 24.0 Å². The first-order valence-electron chi connectivity index (χ1n) is 5.15. The minimum Gasteiger partial charge on any atom is -0.508 e. The van der Waals surface area contributed by atoms with Gasteiger partial charge in [0.15, 0.2) is 5.96 Å². The maximum atomic E-state index is 9.28. The number of hydrogen-bond donors (Lipinski definition) is 3. The summed E-state index contributed by atoms with van der Waals surface area (Å²) in [4.78, 5) is 4.30. The third-order valence-corrected chi connectivity index (χ3v) is 2.27. The van der Waals surface area contributed by atoms with Crippen LogP contribution >= 0.6 is 24.0 Å². The average Bonchev–Trinajstić information content (AvgIpc) is 2.28. The molecule has 1 aliphatic heterocycles. The van der Waals surface area contributed by atoms with Crippen LogP contribution in [0.1, 0.15) is 12.0 Å². The zero-order chi connectivity index (χ0) is 10.5. The second-order valence-corrected chi connectivity index (χ2v) is 3.53. The summed E-state index contributed by atoms with van der Waals surface area (Å²) in [5.74, 6) is 1.15. The van der Waals surface area contributed by atoms with Gasteiger partial charge in [-0.25, -0.2) is 0 Å². The lowest BCUT2D eigenvalue weighted by Gasteiger charge is -2.15. The van der Waals surface area contributed by atoms with Gasteiger partial charge in [-0.3, -0.25) is 4.99 Å². The van der Waals surface area contributed by atoms with Crippen molar-refractivity contribution in [1.29, 1.82) is 0 Å². The summed E-state index contributed by atoms with van der Waals surface area (Å²) >= 11 is 0. The molecule has 1 heterocycles. The largest absolute Gasteiger partial charge is 0.508 e. The molecule has 0 amide bonds. The van der Waals surface area contributed by atoms with Crippen molar-refractivity contribution in [1.82, 2.24) is 10.6 Å². The monoisotopic (exact) mass is 333 g/mol. The Morgan fingerprint density at radius 3 is 3.00 bits per heavy atom. The van der Waals surface area contributed by atoms with Gasteiger partial charge in [-0.15, -0.1) is 24.0 Å². The zero-order valence-corrected chi connectivity index (χ0v) is 11.3. The van der Waals surface area contributed by atoms with E-state index in [1.165, 1.54) is 0 Å². The second kappa shape index (κ2) is 6.57. The van der Waals surface area contributed by atoms with Crippen molar-refractivity contribution in [3.8, 4) is 5.75 Å². The highest BCUT2D eigenvalue weighted by atomic mass is 127. The van der Waals surface area contributed by atoms with Gasteiger partial charge in [0.2, 0.25) is 0 Å². The summed E-state index contributed by atoms with van der Waals surface area (Å²) in [5.41, 5.74) is 1.05. The van der Waals surface area contributed by atoms with Gasteiger partial charge < -0.3 is 15.7 Å². The molecule has 16 heavy (non-hydrogen) atoms. The predicted octanol–water partition coefficient (Wildman–Crippen LogP) is 1.45. The van der Waals surface area contributed by atoms with Crippen LogP contribution in [0.2, 0.25) is 0 Å². The first-order chi connectivity index (χ1) is 7.34. The van der Waals surface area contributed by atoms with Crippen LogP contribution in [0.4, 0.5) is 0 Å². The molecule has 1 aliphatic rings. The molecule has 0 unspecified atom stereocenters. The highest BCUT2D eigenvalue weighted by Crippen LogP contribution is 2.10. The van der Waals surface area contributed by atoms with Crippen molar-refractivity contribution in [2.45, 2.75) is 13.0 Å². The molecule has 1 aromatic rings. The Morgan fingerprint density at radius 1 is 1.44 bits per heavy atom. The van der Waals surface area contributed by atoms with E-state index in [0.29, 0.717) is 12.3 Å². The molecular weight excluding hydrogens is 317 g/mol. The standard InChI is InChI=1S/C11H15N3O.HI/c15-10-4-1-3-9(7-10)8-14-11-12-5-2-6-13-11;/h1,3-4,7,15H,2,5-6,8H2,(H2,12,13,14);1H. The van der Waals surface area contributed by atoms with Gasteiger partial charge in [-0.1, -0.05) is 12.1 Å². The van der Waals surface area contributed by atoms with Crippen molar-refractivity contribution in [2.24, 2.45) is 4.99 Å². The van der Waals surface area contributed by atoms with Gasteiger partial charge in [0, 0.05) is 19.6 Å². The Kier molecular flexibility index (Phi) is 5.37. The lowest BCUT2D eigenvalue weighted by atomic mass is 10.2. The van der Waals surface area contributed by atoms with Gasteiger partial charge >= 0.3 is 0 Å². The number of guanidine groups is 1. The predicted molar refractivity (Wildman–Crippen MR) is 75.3 cm³/mol. The van der Waals surface area contributed by atoms with E-state index in [1.54, 1.807) is 12.1 Å². The number of phenols is 1. The third kappa shape index (κ3) is 3.88. The van der Waals surface area contributed by atoms with E-state index in [0.717, 1.165) is 31.0 Å². The number of halogens is 1. The maximum Gasteiger partial charge on any atom is 0.191 e. The van der Waals surface area contributed by atoms with Gasteiger partial charge in [0.05, 0.1) is 0 Å². The summed E-state index contributed by atoms with van der Waals surface area (Å²) in [6, 6.07) is 7.22. The third-order valence-electron chi connectivity index (χ3n) is 2.27. The number of aromatic hydroxyl groups is 1. The fraction of sp³-hybridized carbons (Fsp3) is 0.364. The van der Waals surface area contributed by atoms with Crippen molar-refractivity contribution in [2.75, 3.05) is 13.1 Å². The number of rotatable bonds is 2. The van der Waals surface area contributed by atoms with Crippen LogP contribution in [-0.2, 0) is 6.54 Å². The number of phenolic OH excluding ortho intramolecular Hbond substituents is 1. The van der Waals surface area contributed by atoms with Crippen LogP contribution in [0.3, 0.4) is 0 Å². The molecule has 2 rings (SSSR count). The molecule has 0 radical (unpaired) electrons. The summed E-state index contributed by atoms with van der Waals surface area (Å²) in [6.45, 7) is 2.54. The summed E-state index contributed by atoms with van der Waals surface area (Å²) in [6.07, 6.45) is 1.09. The molecule has 0 aromatic heterocycles. The van der Waals surface area contributed by atoms with Crippen LogP contribution in [0.15, 0.2) is 29.3 Å². The molecule has 0 spiro atoms. The molecule has 4 nitrogen and oxygen atoms in total. The molecule has 3 N–H and O–H groups in total. The Morgan fingerprint density at radius 2 is 2.31 bits per heavy atom. The highest BCUT2D eigenvalue weighted by molar-refractivity contribution is 14.0. The number of benzene rings is 1. The molecule has 0 saturated heterocycles. The fourth-order valence-corrected chi connectivity index (χ4v) is 1.50. The Hall–Kier alpha value is -0.980. The lowest BCUT2D eigenvalue weighted by Crippen LogP contribution is -2.40. The molecule has 0 fully saturated rings. The van der Waals surface area contributed by atoms with Crippen LogP contribution in [-0.4, -0.2) is 24.2 Å². The van der Waals surface area contributed by atoms with Gasteiger partial charge in [0.1, 0.15) is 5.75 Å². The van der Waals surface area contributed by atoms with E-state index in [4.69, 9.17) is 0 Å². The quantitative estimate of drug-likeness (QED) is 0.718. The van der Waals surface area contributed by atoms with E-state index in [2.05, 4.69) is 15.6 Å². The van der Waals surface area contributed by atoms with Crippen molar-refractivity contribution >= 4 is 29.9 Å². The highest BCUT2D eigenvalue weighted by Gasteiger charge is 2.02. The van der Waals surface area contributed by atoms with Crippen molar-refractivity contribution in [3.05, 3.63) is 29.8 Å². The lowest BCUT2D eigenvalue weighted by molar-refractivity contribution is 0.474. The van der Waals surface area contributed by atoms with E-state index >= 15 is 0 Å². The number of aliphatic imine (C=N–C) groups is 1. The first kappa shape index (κ1) is 13.1. The molecule has 0 saturated carbocycles. The van der Waals surface area contributed by atoms with E-state index in [1.807, 2.05) is 12.1 Å². The molecule has 5 heteroatoms. The van der Waals surface area contributed by atoms with Crippen LogP contribution in [0.5, 0.6) is 5.75 Å². The fourth-order valence-electron chi connectivity index (χ4n) is 1.50. The Labute approximate surface area is 112 Å². The smallest absolute Gasteiger partial charge is 0.191 e. The van der Waals surface area contributed by atoms with Gasteiger partial charge in [-0.2, -0.15) is 0 Å². The number of nitrogens with zero attached hydrogens (tertiary/aromatic N) is 1. The Balaban J connectivity index is 0.00000128. The normalized spacial score (nSPS) is 14.4. The zero-order valence-electron chi connectivity index (χ0n) is 8.94. The average molecular weight is 333 g/mol. The van der Waals surface area contributed by atoms with Crippen LogP contribution < -0.4 is 10.6 Å². The topological polar surface area (TPSA) is 56.6 Å². The SMILES string of the molecule is I.Oc1cccc(CNC2=NCCCN2)c1. The minimum absolute atomic E-state index is 0. The molecule has 0 aliphatic carbocycles. The van der Waals surface area contributed by atoms with Crippen molar-refractivity contribution in [3.63, 3.8) is 0 Å². The summed E-state index contributed by atoms with van der Waals surface area (Å²) < 4.78 is 0. The molecule has 1 aromatic carbocycles. The maximum absolute atomic E-state index is 9.28. The number of nitrogens with one attached hydrogen (secondary N) is 2. The Bertz CT molecular complexity index is 368. The van der Waals surface area contributed by atoms with E-state index < -0.39 is 0 Å². The molecule has 0 bridgehead atoms. The van der Waals surface area contributed by atoms with Crippen LogP contribution in [0.25, 0.3) is 0 Å². The molecule has 88 valence electrons. The molecular formula is C11H16IN3O. The van der Waals surface area contributed by atoms with Crippen molar-refractivity contribution < 1.29 is 5.11 Å².